The van der Waals surface area contributed by atoms with E-state index < -0.39 is 5.60 Å². The molecule has 1 aliphatic heterocycles. The van der Waals surface area contributed by atoms with E-state index in [0.29, 0.717) is 18.7 Å². The van der Waals surface area contributed by atoms with Crippen LogP contribution in [-0.4, -0.2) is 41.4 Å². The van der Waals surface area contributed by atoms with Gasteiger partial charge in [0.25, 0.3) is 5.69 Å². The van der Waals surface area contributed by atoms with Crippen molar-refractivity contribution in [1.82, 2.24) is 0 Å². The normalized spacial score (nSPS) is 21.8. The summed E-state index contributed by atoms with van der Waals surface area (Å²) in [6.45, 7) is 6.72. The maximum atomic E-state index is 11.0. The van der Waals surface area contributed by atoms with Gasteiger partial charge in [-0.25, -0.2) is 0 Å². The highest BCUT2D eigenvalue weighted by atomic mass is 16.6. The first-order valence-electron chi connectivity index (χ1n) is 6.61. The van der Waals surface area contributed by atoms with Gasteiger partial charge in [-0.2, -0.15) is 0 Å². The van der Waals surface area contributed by atoms with Crippen molar-refractivity contribution in [2.45, 2.75) is 32.5 Å². The number of aliphatic hydroxyl groups is 1. The topological polar surface area (TPSA) is 75.8 Å². The average molecular weight is 280 g/mol. The zero-order valence-electron chi connectivity index (χ0n) is 12.0. The number of nitrogens with zero attached hydrogens (tertiary/aromatic N) is 2. The van der Waals surface area contributed by atoms with E-state index in [1.54, 1.807) is 19.1 Å². The van der Waals surface area contributed by atoms with E-state index in [1.807, 2.05) is 24.8 Å². The van der Waals surface area contributed by atoms with Crippen LogP contribution in [0.15, 0.2) is 18.2 Å². The van der Waals surface area contributed by atoms with Gasteiger partial charge in [0.1, 0.15) is 0 Å². The molecule has 0 saturated carbocycles. The van der Waals surface area contributed by atoms with Crippen LogP contribution in [0.5, 0.6) is 0 Å². The summed E-state index contributed by atoms with van der Waals surface area (Å²) in [6.07, 6.45) is -0.279. The molecule has 0 radical (unpaired) electrons. The number of benzene rings is 1. The van der Waals surface area contributed by atoms with Crippen LogP contribution in [0.4, 0.5) is 11.4 Å². The molecular weight excluding hydrogens is 260 g/mol. The minimum absolute atomic E-state index is 0.0616. The van der Waals surface area contributed by atoms with Crippen LogP contribution in [0.2, 0.25) is 0 Å². The number of nitro benzene ring substituents is 1. The van der Waals surface area contributed by atoms with Crippen LogP contribution in [0.1, 0.15) is 19.4 Å². The van der Waals surface area contributed by atoms with Crippen molar-refractivity contribution >= 4 is 11.4 Å². The molecule has 1 atom stereocenters. The van der Waals surface area contributed by atoms with E-state index in [9.17, 15) is 15.2 Å². The maximum absolute atomic E-state index is 11.0. The first-order valence-corrected chi connectivity index (χ1v) is 6.61. The molecule has 0 aromatic heterocycles. The van der Waals surface area contributed by atoms with E-state index in [4.69, 9.17) is 4.74 Å². The highest BCUT2D eigenvalue weighted by molar-refractivity contribution is 5.57. The van der Waals surface area contributed by atoms with Gasteiger partial charge >= 0.3 is 0 Å². The Kier molecular flexibility index (Phi) is 3.96. The van der Waals surface area contributed by atoms with Crippen LogP contribution in [0.3, 0.4) is 0 Å². The fourth-order valence-electron chi connectivity index (χ4n) is 2.58. The summed E-state index contributed by atoms with van der Waals surface area (Å²) in [5.41, 5.74) is 1.15. The van der Waals surface area contributed by atoms with Gasteiger partial charge in [0, 0.05) is 30.4 Å². The lowest BCUT2D eigenvalue weighted by Crippen LogP contribution is -2.54. The molecule has 6 nitrogen and oxygen atoms in total. The third kappa shape index (κ3) is 3.08. The molecule has 2 rings (SSSR count). The monoisotopic (exact) mass is 280 g/mol. The highest BCUT2D eigenvalue weighted by Gasteiger charge is 2.33. The van der Waals surface area contributed by atoms with E-state index >= 15 is 0 Å². The van der Waals surface area contributed by atoms with Gasteiger partial charge in [-0.15, -0.1) is 0 Å². The largest absolute Gasteiger partial charge is 0.394 e. The van der Waals surface area contributed by atoms with Gasteiger partial charge in [0.15, 0.2) is 0 Å². The molecule has 1 saturated heterocycles. The quantitative estimate of drug-likeness (QED) is 0.676. The molecular formula is C14H20N2O4. The number of rotatable bonds is 3. The highest BCUT2D eigenvalue weighted by Crippen LogP contribution is 2.29. The molecule has 110 valence electrons. The third-order valence-corrected chi connectivity index (χ3v) is 3.44. The number of ether oxygens (including phenoxy) is 1. The standard InChI is InChI=1S/C14H20N2O4/c1-10-4-5-11(6-13(10)16(18)19)15-7-12(8-17)20-14(2,3)9-15/h4-6,12,17H,7-9H2,1-3H3. The minimum Gasteiger partial charge on any atom is -0.394 e. The maximum Gasteiger partial charge on any atom is 0.274 e. The smallest absolute Gasteiger partial charge is 0.274 e. The second-order valence-electron chi connectivity index (χ2n) is 5.79. The predicted molar refractivity (Wildman–Crippen MR) is 76.1 cm³/mol. The number of hydrogen-bond acceptors (Lipinski definition) is 5. The van der Waals surface area contributed by atoms with Crippen LogP contribution in [0.25, 0.3) is 0 Å². The number of anilines is 1. The molecule has 0 spiro atoms. The molecule has 1 aromatic carbocycles. The number of hydrogen-bond donors (Lipinski definition) is 1. The summed E-state index contributed by atoms with van der Waals surface area (Å²) in [6, 6.07) is 5.22. The Morgan fingerprint density at radius 1 is 1.55 bits per heavy atom. The van der Waals surface area contributed by atoms with Crippen molar-refractivity contribution in [2.24, 2.45) is 0 Å². The number of aryl methyl sites for hydroxylation is 1. The first-order chi connectivity index (χ1) is 9.32. The zero-order valence-corrected chi connectivity index (χ0v) is 12.0. The van der Waals surface area contributed by atoms with E-state index in [0.717, 1.165) is 5.69 Å². The molecule has 0 bridgehead atoms. The SMILES string of the molecule is Cc1ccc(N2CC(CO)OC(C)(C)C2)cc1[N+](=O)[O-]. The van der Waals surface area contributed by atoms with Crippen molar-refractivity contribution in [3.63, 3.8) is 0 Å². The van der Waals surface area contributed by atoms with Gasteiger partial charge in [-0.1, -0.05) is 6.07 Å². The molecule has 20 heavy (non-hydrogen) atoms. The Labute approximate surface area is 118 Å². The summed E-state index contributed by atoms with van der Waals surface area (Å²) in [4.78, 5) is 12.7. The summed E-state index contributed by atoms with van der Waals surface area (Å²) >= 11 is 0. The van der Waals surface area contributed by atoms with E-state index in [1.165, 1.54) is 0 Å². The number of nitro groups is 1. The Morgan fingerprint density at radius 3 is 2.85 bits per heavy atom. The van der Waals surface area contributed by atoms with E-state index in [-0.39, 0.29) is 23.3 Å². The van der Waals surface area contributed by atoms with Crippen molar-refractivity contribution in [3.8, 4) is 0 Å². The summed E-state index contributed by atoms with van der Waals surface area (Å²) in [5, 5.41) is 20.3. The van der Waals surface area contributed by atoms with Crippen LogP contribution >= 0.6 is 0 Å². The Balaban J connectivity index is 2.30. The third-order valence-electron chi connectivity index (χ3n) is 3.44. The Bertz CT molecular complexity index is 516. The Morgan fingerprint density at radius 2 is 2.25 bits per heavy atom. The lowest BCUT2D eigenvalue weighted by molar-refractivity contribution is -0.385. The molecule has 1 aliphatic rings. The van der Waals surface area contributed by atoms with Crippen LogP contribution in [-0.2, 0) is 4.74 Å². The van der Waals surface area contributed by atoms with Crippen molar-refractivity contribution < 1.29 is 14.8 Å². The second kappa shape index (κ2) is 5.38. The Hall–Kier alpha value is -1.66. The molecule has 1 N–H and O–H groups in total. The van der Waals surface area contributed by atoms with Gasteiger partial charge in [0.05, 0.1) is 23.2 Å². The average Bonchev–Trinajstić information content (AvgIpc) is 2.36. The van der Waals surface area contributed by atoms with Gasteiger partial charge in [-0.3, -0.25) is 10.1 Å². The summed E-state index contributed by atoms with van der Waals surface area (Å²) in [5.74, 6) is 0. The molecule has 1 fully saturated rings. The molecule has 6 heteroatoms. The van der Waals surface area contributed by atoms with Gasteiger partial charge in [0.2, 0.25) is 0 Å². The van der Waals surface area contributed by atoms with Crippen molar-refractivity contribution in [1.29, 1.82) is 0 Å². The lowest BCUT2D eigenvalue weighted by atomic mass is 10.0. The molecule has 0 aliphatic carbocycles. The van der Waals surface area contributed by atoms with Crippen molar-refractivity contribution in [2.75, 3.05) is 24.6 Å². The van der Waals surface area contributed by atoms with Crippen molar-refractivity contribution in [3.05, 3.63) is 33.9 Å². The van der Waals surface area contributed by atoms with Crippen LogP contribution in [0, 0.1) is 17.0 Å². The molecule has 1 heterocycles. The molecule has 0 amide bonds. The zero-order chi connectivity index (χ0) is 14.9. The molecule has 1 unspecified atom stereocenters. The lowest BCUT2D eigenvalue weighted by Gasteiger charge is -2.43. The number of aliphatic hydroxyl groups excluding tert-OH is 1. The number of morpholine rings is 1. The van der Waals surface area contributed by atoms with Gasteiger partial charge < -0.3 is 14.7 Å². The van der Waals surface area contributed by atoms with E-state index in [2.05, 4.69) is 0 Å². The summed E-state index contributed by atoms with van der Waals surface area (Å²) < 4.78 is 5.75. The fraction of sp³-hybridized carbons (Fsp3) is 0.571. The second-order valence-corrected chi connectivity index (χ2v) is 5.79. The summed E-state index contributed by atoms with van der Waals surface area (Å²) in [7, 11) is 0. The molecule has 1 aromatic rings. The minimum atomic E-state index is -0.398. The van der Waals surface area contributed by atoms with Gasteiger partial charge in [-0.05, 0) is 26.8 Å². The first kappa shape index (κ1) is 14.7. The fourth-order valence-corrected chi connectivity index (χ4v) is 2.58. The van der Waals surface area contributed by atoms with Crippen LogP contribution < -0.4 is 4.90 Å². The predicted octanol–water partition coefficient (Wildman–Crippen LogP) is 1.88.